The molecule has 1 rings (SSSR count). The first-order valence-electron chi connectivity index (χ1n) is 8.92. The van der Waals surface area contributed by atoms with Crippen LogP contribution in [0.4, 0.5) is 0 Å². The van der Waals surface area contributed by atoms with Gasteiger partial charge in [-0.1, -0.05) is 59.1 Å². The zero-order valence-corrected chi connectivity index (χ0v) is 15.3. The van der Waals surface area contributed by atoms with E-state index in [9.17, 15) is 9.59 Å². The second kappa shape index (κ2) is 10.8. The average molecular weight is 334 g/mol. The van der Waals surface area contributed by atoms with Crippen molar-refractivity contribution in [1.82, 2.24) is 0 Å². The van der Waals surface area contributed by atoms with Crippen LogP contribution < -0.4 is 0 Å². The lowest BCUT2D eigenvalue weighted by Crippen LogP contribution is -2.18. The van der Waals surface area contributed by atoms with Crippen molar-refractivity contribution in [3.8, 4) is 0 Å². The fourth-order valence-electron chi connectivity index (χ4n) is 2.33. The van der Waals surface area contributed by atoms with Crippen LogP contribution in [0.1, 0.15) is 74.1 Å². The monoisotopic (exact) mass is 334 g/mol. The number of carbonyl (C=O) groups excluding carboxylic acids is 2. The highest BCUT2D eigenvalue weighted by Crippen LogP contribution is 2.16. The van der Waals surface area contributed by atoms with Gasteiger partial charge in [-0.15, -0.1) is 0 Å². The van der Waals surface area contributed by atoms with Crippen molar-refractivity contribution in [3.05, 3.63) is 35.4 Å². The SMILES string of the molecule is CCCCC(CC)COC(=O)c1ccccc1C(=O)OCC(C)C. The van der Waals surface area contributed by atoms with Gasteiger partial charge in [0.25, 0.3) is 0 Å². The molecule has 134 valence electrons. The van der Waals surface area contributed by atoms with Gasteiger partial charge in [0.15, 0.2) is 0 Å². The van der Waals surface area contributed by atoms with E-state index in [-0.39, 0.29) is 17.0 Å². The molecule has 4 nitrogen and oxygen atoms in total. The first kappa shape index (κ1) is 20.2. The van der Waals surface area contributed by atoms with E-state index in [1.807, 2.05) is 13.8 Å². The summed E-state index contributed by atoms with van der Waals surface area (Å²) in [4.78, 5) is 24.6. The molecule has 0 aliphatic heterocycles. The Balaban J connectivity index is 2.71. The Morgan fingerprint density at radius 3 is 1.96 bits per heavy atom. The molecule has 0 saturated carbocycles. The summed E-state index contributed by atoms with van der Waals surface area (Å²) in [6.07, 6.45) is 4.30. The molecule has 0 radical (unpaired) electrons. The second-order valence-electron chi connectivity index (χ2n) is 6.55. The van der Waals surface area contributed by atoms with Gasteiger partial charge in [-0.25, -0.2) is 9.59 Å². The lowest BCUT2D eigenvalue weighted by Gasteiger charge is -2.15. The molecule has 0 N–H and O–H groups in total. The van der Waals surface area contributed by atoms with Crippen molar-refractivity contribution in [2.45, 2.75) is 53.4 Å². The number of hydrogen-bond donors (Lipinski definition) is 0. The van der Waals surface area contributed by atoms with Crippen molar-refractivity contribution in [3.63, 3.8) is 0 Å². The summed E-state index contributed by atoms with van der Waals surface area (Å²) in [7, 11) is 0. The van der Waals surface area contributed by atoms with Crippen LogP contribution in [-0.4, -0.2) is 25.2 Å². The number of benzene rings is 1. The standard InChI is InChI=1S/C20H30O4/c1-5-7-10-16(6-2)14-24-20(22)18-12-9-8-11-17(18)19(21)23-13-15(3)4/h8-9,11-12,15-16H,5-7,10,13-14H2,1-4H3. The third kappa shape index (κ3) is 6.73. The molecule has 1 unspecified atom stereocenters. The molecule has 0 aromatic heterocycles. The highest BCUT2D eigenvalue weighted by Gasteiger charge is 2.20. The van der Waals surface area contributed by atoms with Gasteiger partial charge in [0.05, 0.1) is 24.3 Å². The van der Waals surface area contributed by atoms with Crippen molar-refractivity contribution >= 4 is 11.9 Å². The van der Waals surface area contributed by atoms with E-state index >= 15 is 0 Å². The topological polar surface area (TPSA) is 52.6 Å². The summed E-state index contributed by atoms with van der Waals surface area (Å²) in [5, 5.41) is 0. The van der Waals surface area contributed by atoms with Gasteiger partial charge < -0.3 is 9.47 Å². The summed E-state index contributed by atoms with van der Waals surface area (Å²) < 4.78 is 10.7. The summed E-state index contributed by atoms with van der Waals surface area (Å²) >= 11 is 0. The lowest BCUT2D eigenvalue weighted by atomic mass is 10.0. The van der Waals surface area contributed by atoms with Gasteiger partial charge in [0.1, 0.15) is 0 Å². The minimum atomic E-state index is -0.478. The van der Waals surface area contributed by atoms with Crippen LogP contribution in [0.5, 0.6) is 0 Å². The highest BCUT2D eigenvalue weighted by atomic mass is 16.5. The van der Waals surface area contributed by atoms with Gasteiger partial charge >= 0.3 is 11.9 Å². The number of rotatable bonds is 10. The predicted octanol–water partition coefficient (Wildman–Crippen LogP) is 4.87. The molecule has 0 fully saturated rings. The lowest BCUT2D eigenvalue weighted by molar-refractivity contribution is 0.0394. The Morgan fingerprint density at radius 1 is 0.958 bits per heavy atom. The molecule has 0 amide bonds. The largest absolute Gasteiger partial charge is 0.462 e. The minimum Gasteiger partial charge on any atom is -0.462 e. The molecule has 1 aromatic rings. The fourth-order valence-corrected chi connectivity index (χ4v) is 2.33. The maximum absolute atomic E-state index is 12.4. The first-order chi connectivity index (χ1) is 11.5. The van der Waals surface area contributed by atoms with Crippen LogP contribution in [0.3, 0.4) is 0 Å². The normalized spacial score (nSPS) is 12.0. The minimum absolute atomic E-state index is 0.247. The molecule has 0 heterocycles. The van der Waals surface area contributed by atoms with Crippen LogP contribution in [0, 0.1) is 11.8 Å². The maximum Gasteiger partial charge on any atom is 0.339 e. The van der Waals surface area contributed by atoms with Crippen molar-refractivity contribution in [2.24, 2.45) is 11.8 Å². The fraction of sp³-hybridized carbons (Fsp3) is 0.600. The number of ether oxygens (including phenoxy) is 2. The molecule has 24 heavy (non-hydrogen) atoms. The van der Waals surface area contributed by atoms with E-state index in [4.69, 9.17) is 9.47 Å². The van der Waals surface area contributed by atoms with E-state index < -0.39 is 11.9 Å². The quantitative estimate of drug-likeness (QED) is 0.573. The Labute approximate surface area is 145 Å². The number of hydrogen-bond acceptors (Lipinski definition) is 4. The third-order valence-electron chi connectivity index (χ3n) is 3.91. The average Bonchev–Trinajstić information content (AvgIpc) is 2.59. The molecule has 0 aliphatic carbocycles. The van der Waals surface area contributed by atoms with Crippen LogP contribution in [0.2, 0.25) is 0 Å². The van der Waals surface area contributed by atoms with E-state index in [2.05, 4.69) is 13.8 Å². The molecule has 0 aliphatic rings. The number of unbranched alkanes of at least 4 members (excludes halogenated alkanes) is 1. The van der Waals surface area contributed by atoms with Crippen LogP contribution in [0.15, 0.2) is 24.3 Å². The van der Waals surface area contributed by atoms with E-state index in [1.165, 1.54) is 0 Å². The van der Waals surface area contributed by atoms with Crippen LogP contribution >= 0.6 is 0 Å². The molecule has 1 atom stereocenters. The summed E-state index contributed by atoms with van der Waals surface area (Å²) in [6.45, 7) is 8.91. The molecule has 4 heteroatoms. The van der Waals surface area contributed by atoms with Gasteiger partial charge in [-0.3, -0.25) is 0 Å². The van der Waals surface area contributed by atoms with Crippen LogP contribution in [-0.2, 0) is 9.47 Å². The molecule has 0 spiro atoms. The Kier molecular flexibility index (Phi) is 9.13. The molecule has 0 saturated heterocycles. The highest BCUT2D eigenvalue weighted by molar-refractivity contribution is 6.03. The number of carbonyl (C=O) groups is 2. The third-order valence-corrected chi connectivity index (χ3v) is 3.91. The van der Waals surface area contributed by atoms with Crippen LogP contribution in [0.25, 0.3) is 0 Å². The molecular weight excluding hydrogens is 304 g/mol. The van der Waals surface area contributed by atoms with E-state index in [1.54, 1.807) is 24.3 Å². The van der Waals surface area contributed by atoms with Gasteiger partial charge in [-0.2, -0.15) is 0 Å². The predicted molar refractivity (Wildman–Crippen MR) is 95.2 cm³/mol. The summed E-state index contributed by atoms with van der Waals surface area (Å²) in [6, 6.07) is 6.66. The van der Waals surface area contributed by atoms with Crippen molar-refractivity contribution < 1.29 is 19.1 Å². The van der Waals surface area contributed by atoms with Crippen molar-refractivity contribution in [2.75, 3.05) is 13.2 Å². The maximum atomic E-state index is 12.4. The van der Waals surface area contributed by atoms with Gasteiger partial charge in [0, 0.05) is 0 Å². The van der Waals surface area contributed by atoms with E-state index in [0.29, 0.717) is 19.1 Å². The Bertz CT molecular complexity index is 522. The van der Waals surface area contributed by atoms with Crippen molar-refractivity contribution in [1.29, 1.82) is 0 Å². The first-order valence-corrected chi connectivity index (χ1v) is 8.92. The second-order valence-corrected chi connectivity index (χ2v) is 6.55. The molecule has 1 aromatic carbocycles. The Morgan fingerprint density at radius 2 is 1.50 bits per heavy atom. The zero-order valence-electron chi connectivity index (χ0n) is 15.3. The van der Waals surface area contributed by atoms with E-state index in [0.717, 1.165) is 25.7 Å². The van der Waals surface area contributed by atoms with Gasteiger partial charge in [-0.05, 0) is 30.4 Å². The Hall–Kier alpha value is -1.84. The smallest absolute Gasteiger partial charge is 0.339 e. The zero-order chi connectivity index (χ0) is 17.9. The van der Waals surface area contributed by atoms with Gasteiger partial charge in [0.2, 0.25) is 0 Å². The molecular formula is C20H30O4. The molecule has 0 bridgehead atoms. The number of esters is 2. The summed E-state index contributed by atoms with van der Waals surface area (Å²) in [5.74, 6) is -0.317. The summed E-state index contributed by atoms with van der Waals surface area (Å²) in [5.41, 5.74) is 0.543.